The average molecular weight is 605 g/mol. The van der Waals surface area contributed by atoms with Gasteiger partial charge in [0.2, 0.25) is 11.8 Å². The number of para-hydroxylation sites is 1. The number of hydrogen-bond acceptors (Lipinski definition) is 6. The average Bonchev–Trinajstić information content (AvgIpc) is 3.27. The Balaban J connectivity index is 1.20. The molecule has 3 N–H and O–H groups in total. The quantitative estimate of drug-likeness (QED) is 0.141. The van der Waals surface area contributed by atoms with Gasteiger partial charge in [0.25, 0.3) is 0 Å². The van der Waals surface area contributed by atoms with E-state index in [1.165, 1.54) is 10.5 Å². The minimum atomic E-state index is -0.993. The molecule has 232 valence electrons. The molecule has 0 bridgehead atoms. The maximum atomic E-state index is 14.0. The maximum Gasteiger partial charge on any atom is 0.455 e. The number of aromatic hydroxyl groups is 1. The molecule has 3 aromatic carbocycles. The summed E-state index contributed by atoms with van der Waals surface area (Å²) in [6.07, 6.45) is 4.98. The van der Waals surface area contributed by atoms with E-state index in [9.17, 15) is 19.7 Å². The molecule has 2 amide bonds. The van der Waals surface area contributed by atoms with E-state index in [0.29, 0.717) is 30.6 Å². The fourth-order valence-corrected chi connectivity index (χ4v) is 7.53. The largest absolute Gasteiger partial charge is 0.507 e. The maximum absolute atomic E-state index is 14.0. The number of aryl methyl sites for hydroxylation is 2. The minimum Gasteiger partial charge on any atom is -0.507 e. The normalized spacial score (nSPS) is 23.4. The molecule has 0 spiro atoms. The third kappa shape index (κ3) is 6.09. The van der Waals surface area contributed by atoms with E-state index in [4.69, 9.17) is 4.65 Å². The summed E-state index contributed by atoms with van der Waals surface area (Å²) in [5.74, 6) is -1.22. The van der Waals surface area contributed by atoms with Crippen LogP contribution in [-0.4, -0.2) is 35.2 Å². The summed E-state index contributed by atoms with van der Waals surface area (Å²) in [7, 11) is -0.993. The number of phenols is 1. The van der Waals surface area contributed by atoms with Gasteiger partial charge in [-0.15, -0.1) is 0 Å². The lowest BCUT2D eigenvalue weighted by Crippen LogP contribution is -2.46. The van der Waals surface area contributed by atoms with E-state index in [-0.39, 0.29) is 23.8 Å². The molecule has 2 fully saturated rings. The van der Waals surface area contributed by atoms with Gasteiger partial charge in [-0.2, -0.15) is 0 Å². The number of amides is 2. The first kappa shape index (κ1) is 30.9. The van der Waals surface area contributed by atoms with Crippen LogP contribution in [0.5, 0.6) is 5.75 Å². The number of carbonyl (C=O) groups excluding carboxylic acids is 2. The van der Waals surface area contributed by atoms with Crippen LogP contribution >= 0.6 is 0 Å². The van der Waals surface area contributed by atoms with Crippen LogP contribution in [0.25, 0.3) is 6.08 Å². The summed E-state index contributed by atoms with van der Waals surface area (Å²) < 4.78 is 6.13. The number of benzene rings is 3. The molecule has 3 aliphatic rings. The number of rotatable bonds is 8. The highest BCUT2D eigenvalue weighted by Crippen LogP contribution is 2.51. The fourth-order valence-electron chi connectivity index (χ4n) is 7.53. The van der Waals surface area contributed by atoms with E-state index in [0.717, 1.165) is 52.1 Å². The van der Waals surface area contributed by atoms with Crippen molar-refractivity contribution in [3.05, 3.63) is 100 Å². The molecule has 6 rings (SSSR count). The van der Waals surface area contributed by atoms with E-state index in [1.807, 2.05) is 80.6 Å². The van der Waals surface area contributed by atoms with Gasteiger partial charge >= 0.3 is 7.12 Å². The topological polar surface area (TPSA) is 99.1 Å². The molecule has 1 aliphatic carbocycles. The van der Waals surface area contributed by atoms with Crippen molar-refractivity contribution in [2.75, 3.05) is 10.2 Å². The molecule has 3 aromatic rings. The Kier molecular flexibility index (Phi) is 8.71. The van der Waals surface area contributed by atoms with Crippen molar-refractivity contribution in [2.24, 2.45) is 17.8 Å². The van der Waals surface area contributed by atoms with E-state index >= 15 is 0 Å². The fraction of sp³-hybridized carbons (Fsp3) is 0.351. The van der Waals surface area contributed by atoms with Gasteiger partial charge in [-0.25, -0.2) is 0 Å². The van der Waals surface area contributed by atoms with Crippen molar-refractivity contribution in [3.8, 4) is 5.75 Å². The molecule has 8 heteroatoms. The van der Waals surface area contributed by atoms with Crippen LogP contribution in [0.2, 0.25) is 6.32 Å². The Hall–Kier alpha value is -4.14. The van der Waals surface area contributed by atoms with Gasteiger partial charge < -0.3 is 20.1 Å². The molecule has 0 radical (unpaired) electrons. The van der Waals surface area contributed by atoms with Crippen molar-refractivity contribution >= 4 is 42.1 Å². The van der Waals surface area contributed by atoms with Gasteiger partial charge in [-0.1, -0.05) is 42.3 Å². The third-order valence-electron chi connectivity index (χ3n) is 9.71. The molecule has 4 atom stereocenters. The van der Waals surface area contributed by atoms with Crippen LogP contribution in [0.1, 0.15) is 56.2 Å². The van der Waals surface area contributed by atoms with Crippen molar-refractivity contribution in [1.82, 2.24) is 0 Å². The van der Waals surface area contributed by atoms with Crippen molar-refractivity contribution < 1.29 is 24.4 Å². The first-order valence-corrected chi connectivity index (χ1v) is 16.0. The Labute approximate surface area is 265 Å². The second-order valence-corrected chi connectivity index (χ2v) is 12.7. The first-order valence-electron chi connectivity index (χ1n) is 16.0. The highest BCUT2D eigenvalue weighted by atomic mass is 16.5. The van der Waals surface area contributed by atoms with E-state index < -0.39 is 19.0 Å². The van der Waals surface area contributed by atoms with Gasteiger partial charge in [0.05, 0.1) is 23.6 Å². The number of allylic oxidation sites excluding steroid dienone is 2. The van der Waals surface area contributed by atoms with Gasteiger partial charge in [-0.05, 0) is 129 Å². The monoisotopic (exact) mass is 604 g/mol. The summed E-state index contributed by atoms with van der Waals surface area (Å²) in [6.45, 7) is 7.99. The second-order valence-electron chi connectivity index (χ2n) is 12.7. The Morgan fingerprint density at radius 1 is 0.978 bits per heavy atom. The first-order chi connectivity index (χ1) is 21.6. The molecule has 7 nitrogen and oxygen atoms in total. The zero-order valence-electron chi connectivity index (χ0n) is 26.4. The lowest BCUT2D eigenvalue weighted by atomic mass is 9.59. The summed E-state index contributed by atoms with van der Waals surface area (Å²) >= 11 is 0. The Morgan fingerprint density at radius 3 is 2.31 bits per heavy atom. The predicted molar refractivity (Wildman–Crippen MR) is 179 cm³/mol. The second kappa shape index (κ2) is 12.7. The van der Waals surface area contributed by atoms with Crippen molar-refractivity contribution in [3.63, 3.8) is 0 Å². The highest BCUT2D eigenvalue weighted by Gasteiger charge is 2.57. The van der Waals surface area contributed by atoms with Gasteiger partial charge in [0.15, 0.2) is 0 Å². The molecule has 2 aliphatic heterocycles. The predicted octanol–water partition coefficient (Wildman–Crippen LogP) is 7.35. The molecular weight excluding hydrogens is 563 g/mol. The SMILES string of the molecule is CC/C(=C\c1cc(C)c(O)c(C)c1)CC[C@H]1OB(O)C[C@H]2C1=C(C)C[C@H]1C(=O)N(c3ccc(Nc4ccccc4)cc3)C(=O)[C@H]12. The minimum absolute atomic E-state index is 0.166. The molecule has 45 heavy (non-hydrogen) atoms. The third-order valence-corrected chi connectivity index (χ3v) is 9.71. The summed E-state index contributed by atoms with van der Waals surface area (Å²) in [5, 5.41) is 24.4. The van der Waals surface area contributed by atoms with Crippen LogP contribution in [0.15, 0.2) is 83.4 Å². The van der Waals surface area contributed by atoms with Crippen molar-refractivity contribution in [1.29, 1.82) is 0 Å². The molecule has 2 heterocycles. The Morgan fingerprint density at radius 2 is 1.64 bits per heavy atom. The number of fused-ring (bicyclic) bond motifs is 3. The zero-order chi connectivity index (χ0) is 31.8. The summed E-state index contributed by atoms with van der Waals surface area (Å²) in [5.41, 5.74) is 8.56. The van der Waals surface area contributed by atoms with Gasteiger partial charge in [-0.3, -0.25) is 14.5 Å². The van der Waals surface area contributed by atoms with Crippen LogP contribution in [0.3, 0.4) is 0 Å². The smallest absolute Gasteiger partial charge is 0.455 e. The lowest BCUT2D eigenvalue weighted by Gasteiger charge is -2.42. The number of phenolic OH excluding ortho intramolecular Hbond substituents is 1. The van der Waals surface area contributed by atoms with E-state index in [1.54, 1.807) is 0 Å². The molecule has 0 saturated carbocycles. The summed E-state index contributed by atoms with van der Waals surface area (Å²) in [6, 6.07) is 21.2. The Bertz CT molecular complexity index is 1640. The molecular formula is C37H41BN2O5. The summed E-state index contributed by atoms with van der Waals surface area (Å²) in [4.78, 5) is 29.1. The van der Waals surface area contributed by atoms with Crippen LogP contribution < -0.4 is 10.2 Å². The highest BCUT2D eigenvalue weighted by molar-refractivity contribution is 6.43. The van der Waals surface area contributed by atoms with Gasteiger partial charge in [0.1, 0.15) is 5.75 Å². The lowest BCUT2D eigenvalue weighted by molar-refractivity contribution is -0.122. The number of nitrogens with zero attached hydrogens (tertiary/aromatic N) is 1. The number of anilines is 3. The van der Waals surface area contributed by atoms with Crippen LogP contribution in [-0.2, 0) is 14.2 Å². The molecule has 2 saturated heterocycles. The van der Waals surface area contributed by atoms with Crippen LogP contribution in [0.4, 0.5) is 17.1 Å². The van der Waals surface area contributed by atoms with Crippen LogP contribution in [0, 0.1) is 31.6 Å². The number of nitrogens with one attached hydrogen (secondary N) is 1. The van der Waals surface area contributed by atoms with E-state index in [2.05, 4.69) is 25.2 Å². The number of hydrogen-bond donors (Lipinski definition) is 3. The number of carbonyl (C=O) groups is 2. The molecule has 0 aromatic heterocycles. The standard InChI is InChI=1S/C37H41BN2O5/c1-5-25(20-26-17-23(3)35(41)24(4)18-26)11-16-32-33-22(2)19-30-34(31(33)21-38(44)45-32)37(43)40(36(30)42)29-14-12-28(13-15-29)39-27-9-7-6-8-10-27/h6-10,12-15,17-18,20,30-32,34,39,41,44H,5,11,16,19,21H2,1-4H3/b25-20+/t30-,31+,32-,34-/m1/s1. The van der Waals surface area contributed by atoms with Crippen molar-refractivity contribution in [2.45, 2.75) is 65.8 Å². The number of imide groups is 1. The molecule has 0 unspecified atom stereocenters. The van der Waals surface area contributed by atoms with Gasteiger partial charge in [0, 0.05) is 11.4 Å². The zero-order valence-corrected chi connectivity index (χ0v) is 26.4.